The van der Waals surface area contributed by atoms with E-state index in [2.05, 4.69) is 4.98 Å². The summed E-state index contributed by atoms with van der Waals surface area (Å²) < 4.78 is 0.469. The van der Waals surface area contributed by atoms with Crippen molar-refractivity contribution in [2.24, 2.45) is 5.92 Å². The van der Waals surface area contributed by atoms with Crippen LogP contribution in [0.5, 0.6) is 0 Å². The number of pyridine rings is 1. The second-order valence-corrected chi connectivity index (χ2v) is 6.42. The van der Waals surface area contributed by atoms with E-state index in [0.717, 1.165) is 12.8 Å². The number of carbonyl (C=O) groups excluding carboxylic acids is 2. The minimum atomic E-state index is -0.0465. The van der Waals surface area contributed by atoms with E-state index < -0.39 is 0 Å². The van der Waals surface area contributed by atoms with Gasteiger partial charge in [-0.25, -0.2) is 0 Å². The van der Waals surface area contributed by atoms with E-state index >= 15 is 0 Å². The maximum Gasteiger partial charge on any atom is 0.256 e. The first-order valence-corrected chi connectivity index (χ1v) is 8.33. The molecule has 0 radical (unpaired) electrons. The molecule has 0 aromatic carbocycles. The zero-order valence-electron chi connectivity index (χ0n) is 12.6. The molecule has 1 saturated heterocycles. The third-order valence-corrected chi connectivity index (χ3v) is 4.97. The van der Waals surface area contributed by atoms with Crippen molar-refractivity contribution in [3.8, 4) is 0 Å². The standard InChI is InChI=1S/C16H21N3O2S/c20-15(12-4-1-2-5-12)18-8-10-19(11-9-18)16(21)13-6-3-7-17-14(13)22/h3,6-7,12H,1-2,4-5,8-11H2,(H,17,22). The third kappa shape index (κ3) is 3.06. The van der Waals surface area contributed by atoms with Crippen molar-refractivity contribution < 1.29 is 9.59 Å². The largest absolute Gasteiger partial charge is 0.352 e. The van der Waals surface area contributed by atoms with Gasteiger partial charge >= 0.3 is 0 Å². The Morgan fingerprint density at radius 3 is 2.36 bits per heavy atom. The molecule has 1 aromatic heterocycles. The fourth-order valence-corrected chi connectivity index (χ4v) is 3.54. The Bertz CT molecular complexity index is 614. The molecular weight excluding hydrogens is 298 g/mol. The molecule has 1 saturated carbocycles. The molecular formula is C16H21N3O2S. The van der Waals surface area contributed by atoms with Gasteiger partial charge in [-0.05, 0) is 25.0 Å². The summed E-state index contributed by atoms with van der Waals surface area (Å²) in [7, 11) is 0. The van der Waals surface area contributed by atoms with Crippen LogP contribution in [0.25, 0.3) is 0 Å². The van der Waals surface area contributed by atoms with Crippen molar-refractivity contribution in [2.75, 3.05) is 26.2 Å². The molecule has 22 heavy (non-hydrogen) atoms. The number of nitrogens with zero attached hydrogens (tertiary/aromatic N) is 2. The Labute approximate surface area is 135 Å². The van der Waals surface area contributed by atoms with Gasteiger partial charge in [-0.3, -0.25) is 9.59 Å². The minimum absolute atomic E-state index is 0.0465. The second-order valence-electron chi connectivity index (χ2n) is 6.01. The van der Waals surface area contributed by atoms with Crippen LogP contribution in [-0.4, -0.2) is 52.8 Å². The van der Waals surface area contributed by atoms with Crippen LogP contribution in [-0.2, 0) is 4.79 Å². The van der Waals surface area contributed by atoms with E-state index in [-0.39, 0.29) is 17.7 Å². The lowest BCUT2D eigenvalue weighted by atomic mass is 10.1. The van der Waals surface area contributed by atoms with Crippen LogP contribution in [0, 0.1) is 10.6 Å². The van der Waals surface area contributed by atoms with Crippen molar-refractivity contribution in [1.82, 2.24) is 14.8 Å². The van der Waals surface area contributed by atoms with Gasteiger partial charge in [-0.15, -0.1) is 0 Å². The smallest absolute Gasteiger partial charge is 0.256 e. The molecule has 3 rings (SSSR count). The van der Waals surface area contributed by atoms with E-state index in [0.29, 0.717) is 36.4 Å². The number of carbonyl (C=O) groups is 2. The number of hydrogen-bond donors (Lipinski definition) is 1. The van der Waals surface area contributed by atoms with Gasteiger partial charge in [0.25, 0.3) is 5.91 Å². The quantitative estimate of drug-likeness (QED) is 0.851. The highest BCUT2D eigenvalue weighted by Gasteiger charge is 2.30. The topological polar surface area (TPSA) is 56.4 Å². The number of amides is 2. The number of hydrogen-bond acceptors (Lipinski definition) is 3. The maximum atomic E-state index is 12.5. The van der Waals surface area contributed by atoms with Crippen molar-refractivity contribution in [3.63, 3.8) is 0 Å². The van der Waals surface area contributed by atoms with Gasteiger partial charge in [0.15, 0.2) is 0 Å². The first kappa shape index (κ1) is 15.2. The van der Waals surface area contributed by atoms with E-state index in [1.165, 1.54) is 12.8 Å². The Balaban J connectivity index is 1.59. The summed E-state index contributed by atoms with van der Waals surface area (Å²) in [5.41, 5.74) is 0.535. The Morgan fingerprint density at radius 1 is 1.09 bits per heavy atom. The number of rotatable bonds is 2. The van der Waals surface area contributed by atoms with E-state index in [4.69, 9.17) is 12.2 Å². The van der Waals surface area contributed by atoms with Gasteiger partial charge in [0, 0.05) is 38.3 Å². The summed E-state index contributed by atoms with van der Waals surface area (Å²) in [5, 5.41) is 0. The lowest BCUT2D eigenvalue weighted by molar-refractivity contribution is -0.136. The SMILES string of the molecule is O=C(c1ccc[nH]c1=S)N1CCN(C(=O)C2CCCC2)CC1. The molecule has 2 amide bonds. The Kier molecular flexibility index (Phi) is 4.57. The normalized spacial score (nSPS) is 19.5. The van der Waals surface area contributed by atoms with Crippen molar-refractivity contribution in [2.45, 2.75) is 25.7 Å². The fraction of sp³-hybridized carbons (Fsp3) is 0.562. The molecule has 118 valence electrons. The van der Waals surface area contributed by atoms with Gasteiger partial charge in [0.05, 0.1) is 5.56 Å². The molecule has 1 aromatic rings. The van der Waals surface area contributed by atoms with Crippen molar-refractivity contribution in [1.29, 1.82) is 0 Å². The monoisotopic (exact) mass is 319 g/mol. The Hall–Kier alpha value is -1.69. The molecule has 0 atom stereocenters. The highest BCUT2D eigenvalue weighted by Crippen LogP contribution is 2.27. The Morgan fingerprint density at radius 2 is 1.73 bits per heavy atom. The molecule has 0 unspecified atom stereocenters. The van der Waals surface area contributed by atoms with Crippen molar-refractivity contribution >= 4 is 24.0 Å². The van der Waals surface area contributed by atoms with Crippen LogP contribution in [0.3, 0.4) is 0 Å². The maximum absolute atomic E-state index is 12.5. The number of H-pyrrole nitrogens is 1. The fourth-order valence-electron chi connectivity index (χ4n) is 3.32. The summed E-state index contributed by atoms with van der Waals surface area (Å²) in [6.45, 7) is 2.43. The van der Waals surface area contributed by atoms with Crippen LogP contribution in [0.4, 0.5) is 0 Å². The summed E-state index contributed by atoms with van der Waals surface area (Å²) in [5.74, 6) is 0.446. The van der Waals surface area contributed by atoms with Gasteiger partial charge in [0.1, 0.15) is 4.64 Å². The van der Waals surface area contributed by atoms with Crippen LogP contribution >= 0.6 is 12.2 Å². The first-order valence-electron chi connectivity index (χ1n) is 7.92. The molecule has 0 spiro atoms. The minimum Gasteiger partial charge on any atom is -0.352 e. The first-order chi connectivity index (χ1) is 10.7. The lowest BCUT2D eigenvalue weighted by Crippen LogP contribution is -2.51. The van der Waals surface area contributed by atoms with E-state index in [1.807, 2.05) is 4.90 Å². The van der Waals surface area contributed by atoms with Crippen LogP contribution < -0.4 is 0 Å². The van der Waals surface area contributed by atoms with Gasteiger partial charge < -0.3 is 14.8 Å². The number of nitrogens with one attached hydrogen (secondary N) is 1. The summed E-state index contributed by atoms with van der Waals surface area (Å²) in [4.78, 5) is 31.5. The molecule has 6 heteroatoms. The van der Waals surface area contributed by atoms with Gasteiger partial charge in [-0.1, -0.05) is 25.1 Å². The molecule has 1 aliphatic carbocycles. The lowest BCUT2D eigenvalue weighted by Gasteiger charge is -2.36. The van der Waals surface area contributed by atoms with E-state index in [1.54, 1.807) is 23.2 Å². The molecule has 2 aliphatic rings. The van der Waals surface area contributed by atoms with Crippen LogP contribution in [0.15, 0.2) is 18.3 Å². The average Bonchev–Trinajstić information content (AvgIpc) is 3.09. The zero-order chi connectivity index (χ0) is 15.5. The highest BCUT2D eigenvalue weighted by molar-refractivity contribution is 7.71. The second kappa shape index (κ2) is 6.60. The van der Waals surface area contributed by atoms with Crippen molar-refractivity contribution in [3.05, 3.63) is 28.5 Å². The van der Waals surface area contributed by atoms with Crippen LogP contribution in [0.1, 0.15) is 36.0 Å². The third-order valence-electron chi connectivity index (χ3n) is 4.63. The number of aromatic nitrogens is 1. The predicted molar refractivity (Wildman–Crippen MR) is 86.1 cm³/mol. The van der Waals surface area contributed by atoms with Gasteiger partial charge in [0.2, 0.25) is 5.91 Å². The highest BCUT2D eigenvalue weighted by atomic mass is 32.1. The molecule has 1 N–H and O–H groups in total. The molecule has 0 bridgehead atoms. The van der Waals surface area contributed by atoms with E-state index in [9.17, 15) is 9.59 Å². The summed E-state index contributed by atoms with van der Waals surface area (Å²) >= 11 is 5.17. The predicted octanol–water partition coefficient (Wildman–Crippen LogP) is 2.22. The molecule has 2 fully saturated rings. The van der Waals surface area contributed by atoms with Crippen LogP contribution in [0.2, 0.25) is 0 Å². The summed E-state index contributed by atoms with van der Waals surface area (Å²) in [6, 6.07) is 3.53. The average molecular weight is 319 g/mol. The van der Waals surface area contributed by atoms with Gasteiger partial charge in [-0.2, -0.15) is 0 Å². The molecule has 1 aliphatic heterocycles. The number of aromatic amines is 1. The zero-order valence-corrected chi connectivity index (χ0v) is 13.4. The summed E-state index contributed by atoms with van der Waals surface area (Å²) in [6.07, 6.45) is 6.10. The number of piperazine rings is 1. The molecule has 5 nitrogen and oxygen atoms in total. The molecule has 2 heterocycles.